The Bertz CT molecular complexity index is 1500. The molecule has 2 aromatic rings. The number of allylic oxidation sites excluding steroid dienone is 1. The van der Waals surface area contributed by atoms with Crippen molar-refractivity contribution in [3.05, 3.63) is 83.7 Å². The molecule has 0 bridgehead atoms. The standard InChI is InChI=1S/C29H29FN6O/c30-21-7-9-23(10-8-21)36-28-6-2-1-5-24(28)34-27-18-26(33-22-4-3-11-31-20-22)25(19-29(27)36)32-12-13-35-14-16-37-17-15-35/h1-2,5-11,18-20,33H,3-4,12-17H2. The number of benzene rings is 3. The summed E-state index contributed by atoms with van der Waals surface area (Å²) >= 11 is 0. The first-order valence-electron chi connectivity index (χ1n) is 12.7. The number of ether oxygens (including phenoxy) is 1. The van der Waals surface area contributed by atoms with Gasteiger partial charge in [0.05, 0.1) is 53.2 Å². The normalized spacial score (nSPS) is 16.9. The number of rotatable bonds is 6. The topological polar surface area (TPSA) is 67.0 Å². The molecule has 8 heteroatoms. The van der Waals surface area contributed by atoms with Crippen molar-refractivity contribution in [2.45, 2.75) is 12.8 Å². The summed E-state index contributed by atoms with van der Waals surface area (Å²) in [7, 11) is 0. The number of halogens is 1. The fourth-order valence-electron chi connectivity index (χ4n) is 4.85. The first-order valence-corrected chi connectivity index (χ1v) is 12.7. The van der Waals surface area contributed by atoms with Crippen molar-refractivity contribution in [3.8, 4) is 17.1 Å². The number of nitrogens with zero attached hydrogens (tertiary/aromatic N) is 5. The van der Waals surface area contributed by atoms with E-state index < -0.39 is 0 Å². The number of morpholine rings is 1. The second-order valence-corrected chi connectivity index (χ2v) is 9.26. The smallest absolute Gasteiger partial charge is 0.123 e. The van der Waals surface area contributed by atoms with Crippen LogP contribution in [0.25, 0.3) is 28.1 Å². The predicted molar refractivity (Wildman–Crippen MR) is 145 cm³/mol. The third-order valence-corrected chi connectivity index (χ3v) is 6.76. The van der Waals surface area contributed by atoms with Crippen LogP contribution < -0.4 is 10.7 Å². The van der Waals surface area contributed by atoms with Crippen LogP contribution in [-0.4, -0.2) is 60.1 Å². The van der Waals surface area contributed by atoms with Crippen LogP contribution in [-0.2, 0) is 4.74 Å². The van der Waals surface area contributed by atoms with E-state index in [1.54, 1.807) is 12.1 Å². The predicted octanol–water partition coefficient (Wildman–Crippen LogP) is 4.62. The van der Waals surface area contributed by atoms with Crippen LogP contribution >= 0.6 is 0 Å². The van der Waals surface area contributed by atoms with Gasteiger partial charge in [0.2, 0.25) is 0 Å². The average molecular weight is 497 g/mol. The van der Waals surface area contributed by atoms with Gasteiger partial charge in [-0.15, -0.1) is 0 Å². The number of anilines is 1. The Morgan fingerprint density at radius 2 is 1.86 bits per heavy atom. The van der Waals surface area contributed by atoms with E-state index in [-0.39, 0.29) is 5.82 Å². The molecule has 3 heterocycles. The number of aliphatic imine (C=N–C) groups is 1. The van der Waals surface area contributed by atoms with Crippen molar-refractivity contribution < 1.29 is 9.13 Å². The first-order chi connectivity index (χ1) is 18.2. The highest BCUT2D eigenvalue weighted by Gasteiger charge is 2.17. The molecule has 1 saturated heterocycles. The summed E-state index contributed by atoms with van der Waals surface area (Å²) in [5, 5.41) is 4.43. The van der Waals surface area contributed by atoms with Crippen molar-refractivity contribution in [2.75, 3.05) is 44.7 Å². The summed E-state index contributed by atoms with van der Waals surface area (Å²) in [6.07, 6.45) is 5.61. The van der Waals surface area contributed by atoms with Gasteiger partial charge in [-0.2, -0.15) is 0 Å². The zero-order valence-electron chi connectivity index (χ0n) is 20.6. The lowest BCUT2D eigenvalue weighted by Gasteiger charge is -2.25. The molecule has 3 aliphatic heterocycles. The Labute approximate surface area is 215 Å². The molecule has 0 unspecified atom stereocenters. The van der Waals surface area contributed by atoms with Gasteiger partial charge in [0.25, 0.3) is 0 Å². The third-order valence-electron chi connectivity index (χ3n) is 6.76. The summed E-state index contributed by atoms with van der Waals surface area (Å²) in [4.78, 5) is 16.7. The lowest BCUT2D eigenvalue weighted by atomic mass is 10.1. The monoisotopic (exact) mass is 496 g/mol. The Balaban J connectivity index is 1.50. The number of fused-ring (bicyclic) bond motifs is 2. The molecule has 0 aromatic heterocycles. The quantitative estimate of drug-likeness (QED) is 0.396. The molecular weight excluding hydrogens is 467 g/mol. The number of nitrogens with one attached hydrogen (secondary N) is 1. The number of hydrogen-bond donors (Lipinski definition) is 1. The zero-order chi connectivity index (χ0) is 25.0. The minimum atomic E-state index is -0.263. The Morgan fingerprint density at radius 3 is 2.68 bits per heavy atom. The summed E-state index contributed by atoms with van der Waals surface area (Å²) in [5.74, 6) is -0.263. The van der Waals surface area contributed by atoms with E-state index in [1.165, 1.54) is 12.1 Å². The van der Waals surface area contributed by atoms with Gasteiger partial charge >= 0.3 is 0 Å². The number of aromatic nitrogens is 2. The molecule has 0 saturated carbocycles. The van der Waals surface area contributed by atoms with Crippen molar-refractivity contribution in [1.82, 2.24) is 14.5 Å². The highest BCUT2D eigenvalue weighted by molar-refractivity contribution is 5.84. The first kappa shape index (κ1) is 23.5. The minimum Gasteiger partial charge on any atom is -0.379 e. The highest BCUT2D eigenvalue weighted by Crippen LogP contribution is 2.30. The van der Waals surface area contributed by atoms with Crippen LogP contribution in [0, 0.1) is 5.82 Å². The molecule has 0 spiro atoms. The summed E-state index contributed by atoms with van der Waals surface area (Å²) in [6, 6.07) is 18.7. The second-order valence-electron chi connectivity index (χ2n) is 9.26. The van der Waals surface area contributed by atoms with Gasteiger partial charge < -0.3 is 14.6 Å². The largest absolute Gasteiger partial charge is 0.379 e. The van der Waals surface area contributed by atoms with Crippen molar-refractivity contribution in [2.24, 2.45) is 9.98 Å². The van der Waals surface area contributed by atoms with Gasteiger partial charge in [0.15, 0.2) is 0 Å². The van der Waals surface area contributed by atoms with Gasteiger partial charge in [-0.05, 0) is 61.4 Å². The molecule has 1 aliphatic carbocycles. The molecule has 0 atom stereocenters. The van der Waals surface area contributed by atoms with Gasteiger partial charge in [-0.3, -0.25) is 14.9 Å². The maximum Gasteiger partial charge on any atom is 0.123 e. The molecule has 188 valence electrons. The molecule has 7 nitrogen and oxygen atoms in total. The number of para-hydroxylation sites is 2. The highest BCUT2D eigenvalue weighted by atomic mass is 19.1. The van der Waals surface area contributed by atoms with E-state index >= 15 is 0 Å². The summed E-state index contributed by atoms with van der Waals surface area (Å²) in [6.45, 7) is 4.96. The van der Waals surface area contributed by atoms with Crippen molar-refractivity contribution >= 4 is 22.9 Å². The fourth-order valence-corrected chi connectivity index (χ4v) is 4.85. The molecule has 0 radical (unpaired) electrons. The summed E-state index contributed by atoms with van der Waals surface area (Å²) < 4.78 is 21.4. The van der Waals surface area contributed by atoms with Crippen LogP contribution in [0.3, 0.4) is 0 Å². The van der Waals surface area contributed by atoms with E-state index in [0.717, 1.165) is 90.5 Å². The van der Waals surface area contributed by atoms with E-state index in [0.29, 0.717) is 6.54 Å². The van der Waals surface area contributed by atoms with Gasteiger partial charge in [0, 0.05) is 43.4 Å². The molecule has 4 aliphatic rings. The zero-order valence-corrected chi connectivity index (χ0v) is 20.6. The fraction of sp³-hybridized carbons (Fsp3) is 0.276. The van der Waals surface area contributed by atoms with Gasteiger partial charge in [-0.25, -0.2) is 9.37 Å². The Hall–Kier alpha value is -3.88. The molecular formula is C29H29FN6O. The second kappa shape index (κ2) is 10.6. The van der Waals surface area contributed by atoms with E-state index in [9.17, 15) is 4.39 Å². The number of hydrogen-bond acceptors (Lipinski definition) is 6. The van der Waals surface area contributed by atoms with E-state index in [2.05, 4.69) is 31.9 Å². The third kappa shape index (κ3) is 5.16. The van der Waals surface area contributed by atoms with Crippen LogP contribution in [0.15, 0.2) is 82.5 Å². The lowest BCUT2D eigenvalue weighted by molar-refractivity contribution is 0.0394. The maximum absolute atomic E-state index is 13.8. The molecule has 1 N–H and O–H groups in total. The SMILES string of the molecule is Fc1ccc(-n2c3cc(=NCCN4CCOCC4)c(NC4=CN=CCC4)cc-3nc3ccccc32)cc1. The lowest BCUT2D eigenvalue weighted by Crippen LogP contribution is -2.38. The molecule has 37 heavy (non-hydrogen) atoms. The maximum atomic E-state index is 13.8. The van der Waals surface area contributed by atoms with E-state index in [4.69, 9.17) is 14.7 Å². The van der Waals surface area contributed by atoms with E-state index in [1.807, 2.05) is 36.7 Å². The van der Waals surface area contributed by atoms with Crippen LogP contribution in [0.1, 0.15) is 12.8 Å². The van der Waals surface area contributed by atoms with Crippen LogP contribution in [0.2, 0.25) is 0 Å². The van der Waals surface area contributed by atoms with Gasteiger partial charge in [0.1, 0.15) is 5.82 Å². The summed E-state index contributed by atoms with van der Waals surface area (Å²) in [5.41, 5.74) is 6.39. The van der Waals surface area contributed by atoms with Crippen molar-refractivity contribution in [3.63, 3.8) is 0 Å². The Morgan fingerprint density at radius 1 is 1.03 bits per heavy atom. The minimum absolute atomic E-state index is 0.263. The van der Waals surface area contributed by atoms with Gasteiger partial charge in [-0.1, -0.05) is 12.1 Å². The molecule has 2 aromatic carbocycles. The molecule has 1 fully saturated rings. The molecule has 6 rings (SSSR count). The van der Waals surface area contributed by atoms with Crippen LogP contribution in [0.5, 0.6) is 0 Å². The Kier molecular flexibility index (Phi) is 6.75. The van der Waals surface area contributed by atoms with Crippen LogP contribution in [0.4, 0.5) is 10.1 Å². The average Bonchev–Trinajstić information content (AvgIpc) is 2.94. The molecule has 0 amide bonds. The van der Waals surface area contributed by atoms with Crippen molar-refractivity contribution in [1.29, 1.82) is 0 Å².